The minimum absolute atomic E-state index is 0.103. The number of hydrogen-bond acceptors (Lipinski definition) is 4. The van der Waals surface area contributed by atoms with Gasteiger partial charge in [0, 0.05) is 12.1 Å². The number of carbonyl (C=O) groups is 1. The lowest BCUT2D eigenvalue weighted by Gasteiger charge is -2.20. The van der Waals surface area contributed by atoms with Crippen molar-refractivity contribution in [1.82, 2.24) is 4.90 Å². The molecular weight excluding hydrogens is 234 g/mol. The van der Waals surface area contributed by atoms with Crippen LogP contribution in [0.15, 0.2) is 24.3 Å². The summed E-state index contributed by atoms with van der Waals surface area (Å²) in [5.41, 5.74) is 0.677. The molecule has 1 aromatic rings. The van der Waals surface area contributed by atoms with Crippen molar-refractivity contribution in [2.24, 2.45) is 0 Å². The number of likely N-dealkylation sites (N-methyl/N-ethyl adjacent to an activating group) is 1. The Bertz CT molecular complexity index is 394. The molecule has 0 aliphatic rings. The fraction of sp³-hybridized carbons (Fsp3) is 0.462. The molecule has 0 bridgehead atoms. The van der Waals surface area contributed by atoms with Gasteiger partial charge in [-0.05, 0) is 20.0 Å². The topological polar surface area (TPSA) is 70.0 Å². The number of aliphatic hydroxyl groups excluding tert-OH is 1. The summed E-state index contributed by atoms with van der Waals surface area (Å²) in [6, 6.07) is 7.23. The lowest BCUT2D eigenvalue weighted by Crippen LogP contribution is -2.30. The summed E-state index contributed by atoms with van der Waals surface area (Å²) in [6.07, 6.45) is -0.767. The summed E-state index contributed by atoms with van der Waals surface area (Å²) < 4.78 is 5.43. The molecule has 1 unspecified atom stereocenters. The van der Waals surface area contributed by atoms with Crippen molar-refractivity contribution in [3.05, 3.63) is 29.8 Å². The largest absolute Gasteiger partial charge is 0.493 e. The number of carboxylic acid groups (broad SMARTS) is 1. The van der Waals surface area contributed by atoms with Gasteiger partial charge in [-0.2, -0.15) is 0 Å². The van der Waals surface area contributed by atoms with Crippen LogP contribution in [0.2, 0.25) is 0 Å². The van der Waals surface area contributed by atoms with Gasteiger partial charge in [0.1, 0.15) is 5.75 Å². The van der Waals surface area contributed by atoms with Gasteiger partial charge in [0.15, 0.2) is 0 Å². The van der Waals surface area contributed by atoms with Crippen molar-refractivity contribution < 1.29 is 19.7 Å². The van der Waals surface area contributed by atoms with E-state index in [2.05, 4.69) is 0 Å². The number of ether oxygens (including phenoxy) is 1. The Balaban J connectivity index is 2.71. The molecule has 0 spiro atoms. The highest BCUT2D eigenvalue weighted by molar-refractivity contribution is 5.69. The van der Waals surface area contributed by atoms with Crippen molar-refractivity contribution in [2.75, 3.05) is 26.7 Å². The fourth-order valence-corrected chi connectivity index (χ4v) is 1.73. The van der Waals surface area contributed by atoms with Crippen LogP contribution in [0.5, 0.6) is 5.75 Å². The Morgan fingerprint density at radius 2 is 2.11 bits per heavy atom. The van der Waals surface area contributed by atoms with Crippen LogP contribution in [0.1, 0.15) is 18.6 Å². The van der Waals surface area contributed by atoms with E-state index < -0.39 is 12.1 Å². The molecule has 1 rings (SSSR count). The summed E-state index contributed by atoms with van der Waals surface area (Å²) >= 11 is 0. The summed E-state index contributed by atoms with van der Waals surface area (Å²) in [5.74, 6) is -0.279. The molecule has 5 heteroatoms. The third-order valence-electron chi connectivity index (χ3n) is 2.47. The normalized spacial score (nSPS) is 12.4. The standard InChI is InChI=1S/C13H19NO4/c1-3-18-12-7-5-4-6-10(12)11(15)8-14(2)9-13(16)17/h4-7,11,15H,3,8-9H2,1-2H3,(H,16,17). The van der Waals surface area contributed by atoms with Crippen LogP contribution in [0, 0.1) is 0 Å². The highest BCUT2D eigenvalue weighted by atomic mass is 16.5. The highest BCUT2D eigenvalue weighted by Gasteiger charge is 2.16. The molecule has 0 fully saturated rings. The number of para-hydroxylation sites is 1. The average Bonchev–Trinajstić information content (AvgIpc) is 2.28. The molecular formula is C13H19NO4. The van der Waals surface area contributed by atoms with E-state index in [0.717, 1.165) is 0 Å². The van der Waals surface area contributed by atoms with E-state index in [1.807, 2.05) is 19.1 Å². The smallest absolute Gasteiger partial charge is 0.317 e. The number of hydrogen-bond donors (Lipinski definition) is 2. The first-order valence-corrected chi connectivity index (χ1v) is 5.84. The maximum Gasteiger partial charge on any atom is 0.317 e. The molecule has 0 saturated heterocycles. The lowest BCUT2D eigenvalue weighted by atomic mass is 10.1. The van der Waals surface area contributed by atoms with Crippen LogP contribution in [0.3, 0.4) is 0 Å². The summed E-state index contributed by atoms with van der Waals surface area (Å²) in [4.78, 5) is 12.1. The molecule has 0 aliphatic heterocycles. The molecule has 0 aromatic heterocycles. The molecule has 18 heavy (non-hydrogen) atoms. The van der Waals surface area contributed by atoms with Crippen LogP contribution in [-0.2, 0) is 4.79 Å². The first-order chi connectivity index (χ1) is 8.54. The third-order valence-corrected chi connectivity index (χ3v) is 2.47. The zero-order valence-corrected chi connectivity index (χ0v) is 10.7. The number of nitrogens with zero attached hydrogens (tertiary/aromatic N) is 1. The van der Waals surface area contributed by atoms with Crippen LogP contribution >= 0.6 is 0 Å². The van der Waals surface area contributed by atoms with Crippen molar-refractivity contribution in [3.8, 4) is 5.75 Å². The first kappa shape index (κ1) is 14.5. The van der Waals surface area contributed by atoms with Gasteiger partial charge in [0.05, 0.1) is 19.3 Å². The van der Waals surface area contributed by atoms with Crippen molar-refractivity contribution >= 4 is 5.97 Å². The van der Waals surface area contributed by atoms with Crippen molar-refractivity contribution in [3.63, 3.8) is 0 Å². The zero-order valence-electron chi connectivity index (χ0n) is 10.7. The number of aliphatic hydroxyl groups is 1. The van der Waals surface area contributed by atoms with Crippen molar-refractivity contribution in [1.29, 1.82) is 0 Å². The molecule has 0 amide bonds. The molecule has 0 saturated carbocycles. The zero-order chi connectivity index (χ0) is 13.5. The first-order valence-electron chi connectivity index (χ1n) is 5.84. The monoisotopic (exact) mass is 253 g/mol. The number of carboxylic acids is 1. The Morgan fingerprint density at radius 3 is 2.72 bits per heavy atom. The minimum atomic E-state index is -0.914. The lowest BCUT2D eigenvalue weighted by molar-refractivity contribution is -0.138. The van der Waals surface area contributed by atoms with Crippen molar-refractivity contribution in [2.45, 2.75) is 13.0 Å². The van der Waals surface area contributed by atoms with Gasteiger partial charge in [-0.15, -0.1) is 0 Å². The second-order valence-electron chi connectivity index (χ2n) is 4.08. The molecule has 2 N–H and O–H groups in total. The number of aliphatic carboxylic acids is 1. The third kappa shape index (κ3) is 4.35. The molecule has 0 heterocycles. The van der Waals surface area contributed by atoms with Gasteiger partial charge in [-0.3, -0.25) is 9.69 Å². The molecule has 5 nitrogen and oxygen atoms in total. The SMILES string of the molecule is CCOc1ccccc1C(O)CN(C)CC(=O)O. The summed E-state index contributed by atoms with van der Waals surface area (Å²) in [5, 5.41) is 18.8. The second-order valence-corrected chi connectivity index (χ2v) is 4.08. The van der Waals surface area contributed by atoms with E-state index in [1.165, 1.54) is 0 Å². The van der Waals surface area contributed by atoms with E-state index in [4.69, 9.17) is 9.84 Å². The molecule has 1 atom stereocenters. The molecule has 0 radical (unpaired) electrons. The number of benzene rings is 1. The highest BCUT2D eigenvalue weighted by Crippen LogP contribution is 2.25. The average molecular weight is 253 g/mol. The Kier molecular flexibility index (Phi) is 5.61. The predicted molar refractivity (Wildman–Crippen MR) is 67.7 cm³/mol. The Morgan fingerprint density at radius 1 is 1.44 bits per heavy atom. The molecule has 1 aromatic carbocycles. The molecule has 100 valence electrons. The van der Waals surface area contributed by atoms with Gasteiger partial charge in [0.2, 0.25) is 0 Å². The van der Waals surface area contributed by atoms with Gasteiger partial charge in [-0.25, -0.2) is 0 Å². The quantitative estimate of drug-likeness (QED) is 0.762. The van der Waals surface area contributed by atoms with E-state index in [1.54, 1.807) is 24.1 Å². The van der Waals surface area contributed by atoms with Crippen LogP contribution in [0.4, 0.5) is 0 Å². The van der Waals surface area contributed by atoms with Gasteiger partial charge in [-0.1, -0.05) is 18.2 Å². The van der Waals surface area contributed by atoms with Gasteiger partial charge < -0.3 is 14.9 Å². The van der Waals surface area contributed by atoms with E-state index >= 15 is 0 Å². The Hall–Kier alpha value is -1.59. The van der Waals surface area contributed by atoms with Crippen LogP contribution < -0.4 is 4.74 Å². The van der Waals surface area contributed by atoms with E-state index in [-0.39, 0.29) is 13.1 Å². The maximum absolute atomic E-state index is 10.5. The fourth-order valence-electron chi connectivity index (χ4n) is 1.73. The van der Waals surface area contributed by atoms with E-state index in [9.17, 15) is 9.90 Å². The van der Waals surface area contributed by atoms with Crippen LogP contribution in [-0.4, -0.2) is 47.8 Å². The maximum atomic E-state index is 10.5. The summed E-state index contributed by atoms with van der Waals surface area (Å²) in [7, 11) is 1.65. The van der Waals surface area contributed by atoms with Gasteiger partial charge in [0.25, 0.3) is 0 Å². The van der Waals surface area contributed by atoms with Crippen LogP contribution in [0.25, 0.3) is 0 Å². The minimum Gasteiger partial charge on any atom is -0.493 e. The Labute approximate surface area is 107 Å². The number of rotatable bonds is 7. The molecule has 0 aliphatic carbocycles. The van der Waals surface area contributed by atoms with E-state index in [0.29, 0.717) is 17.9 Å². The van der Waals surface area contributed by atoms with Gasteiger partial charge >= 0.3 is 5.97 Å². The second kappa shape index (κ2) is 6.98. The predicted octanol–water partition coefficient (Wildman–Crippen LogP) is 1.14. The summed E-state index contributed by atoms with van der Waals surface area (Å²) in [6.45, 7) is 2.54.